The first-order valence-electron chi connectivity index (χ1n) is 9.06. The largest absolute Gasteiger partial charge is 0.486 e. The molecule has 0 saturated heterocycles. The van der Waals surface area contributed by atoms with E-state index in [1.54, 1.807) is 23.1 Å². The summed E-state index contributed by atoms with van der Waals surface area (Å²) in [7, 11) is 0. The number of fused-ring (bicyclic) bond motifs is 1. The zero-order valence-electron chi connectivity index (χ0n) is 15.6. The Balaban J connectivity index is 1.61. The van der Waals surface area contributed by atoms with Crippen LogP contribution in [0.3, 0.4) is 0 Å². The predicted octanol–water partition coefficient (Wildman–Crippen LogP) is 3.08. The molecule has 1 heterocycles. The van der Waals surface area contributed by atoms with E-state index in [-0.39, 0.29) is 24.3 Å². The van der Waals surface area contributed by atoms with Gasteiger partial charge in [-0.1, -0.05) is 30.3 Å². The molecular weight excluding hydrogens is 344 g/mol. The molecule has 3 rings (SSSR count). The fourth-order valence-corrected chi connectivity index (χ4v) is 3.02. The number of ether oxygens (including phenoxy) is 2. The lowest BCUT2D eigenvalue weighted by molar-refractivity contribution is -0.121. The Morgan fingerprint density at radius 3 is 2.48 bits per heavy atom. The minimum Gasteiger partial charge on any atom is -0.486 e. The Hall–Kier alpha value is -3.02. The van der Waals surface area contributed by atoms with Crippen LogP contribution in [-0.4, -0.2) is 31.6 Å². The second kappa shape index (κ2) is 8.58. The van der Waals surface area contributed by atoms with Crippen molar-refractivity contribution in [2.75, 3.05) is 24.7 Å². The van der Waals surface area contributed by atoms with Crippen molar-refractivity contribution in [2.24, 2.45) is 0 Å². The van der Waals surface area contributed by atoms with Crippen LogP contribution in [0, 0.1) is 0 Å². The SMILES string of the molecule is CC(=O)N(CCC(=O)NC(C)c1ccccc1)c1ccc2c(c1)OCCO2. The number of rotatable bonds is 6. The van der Waals surface area contributed by atoms with Crippen LogP contribution in [-0.2, 0) is 9.59 Å². The van der Waals surface area contributed by atoms with Crippen molar-refractivity contribution in [2.45, 2.75) is 26.3 Å². The van der Waals surface area contributed by atoms with Crippen LogP contribution in [0.1, 0.15) is 31.9 Å². The van der Waals surface area contributed by atoms with Crippen molar-refractivity contribution in [1.29, 1.82) is 0 Å². The van der Waals surface area contributed by atoms with Gasteiger partial charge in [-0.15, -0.1) is 0 Å². The molecule has 142 valence electrons. The Morgan fingerprint density at radius 2 is 1.78 bits per heavy atom. The summed E-state index contributed by atoms with van der Waals surface area (Å²) in [6, 6.07) is 15.1. The molecule has 0 bridgehead atoms. The third-order valence-electron chi connectivity index (χ3n) is 4.46. The van der Waals surface area contributed by atoms with E-state index in [1.165, 1.54) is 6.92 Å². The maximum Gasteiger partial charge on any atom is 0.223 e. The molecule has 0 fully saturated rings. The standard InChI is InChI=1S/C21H24N2O4/c1-15(17-6-4-3-5-7-17)22-21(25)10-11-23(16(2)24)18-8-9-19-20(14-18)27-13-12-26-19/h3-9,14-15H,10-13H2,1-2H3,(H,22,25). The minimum atomic E-state index is -0.129. The highest BCUT2D eigenvalue weighted by Crippen LogP contribution is 2.34. The summed E-state index contributed by atoms with van der Waals surface area (Å²) in [4.78, 5) is 26.0. The molecule has 1 N–H and O–H groups in total. The zero-order chi connectivity index (χ0) is 19.2. The average Bonchev–Trinajstić information content (AvgIpc) is 2.68. The number of hydrogen-bond donors (Lipinski definition) is 1. The van der Waals surface area contributed by atoms with Crippen LogP contribution in [0.5, 0.6) is 11.5 Å². The van der Waals surface area contributed by atoms with Crippen molar-refractivity contribution in [3.8, 4) is 11.5 Å². The molecule has 1 atom stereocenters. The third-order valence-corrected chi connectivity index (χ3v) is 4.46. The first kappa shape index (κ1) is 18.8. The van der Waals surface area contributed by atoms with E-state index < -0.39 is 0 Å². The minimum absolute atomic E-state index is 0.0845. The number of carbonyl (C=O) groups is 2. The van der Waals surface area contributed by atoms with Gasteiger partial charge < -0.3 is 19.7 Å². The maximum atomic E-state index is 12.3. The van der Waals surface area contributed by atoms with Crippen molar-refractivity contribution in [3.63, 3.8) is 0 Å². The number of benzene rings is 2. The fourth-order valence-electron chi connectivity index (χ4n) is 3.02. The second-order valence-electron chi connectivity index (χ2n) is 6.45. The first-order chi connectivity index (χ1) is 13.0. The van der Waals surface area contributed by atoms with Gasteiger partial charge in [-0.2, -0.15) is 0 Å². The van der Waals surface area contributed by atoms with Crippen molar-refractivity contribution < 1.29 is 19.1 Å². The Morgan fingerprint density at radius 1 is 1.07 bits per heavy atom. The molecule has 0 aliphatic carbocycles. The molecule has 6 nitrogen and oxygen atoms in total. The second-order valence-corrected chi connectivity index (χ2v) is 6.45. The van der Waals surface area contributed by atoms with Crippen LogP contribution in [0.25, 0.3) is 0 Å². The molecule has 1 unspecified atom stereocenters. The van der Waals surface area contributed by atoms with Gasteiger partial charge in [-0.3, -0.25) is 9.59 Å². The molecule has 1 aliphatic rings. The summed E-state index contributed by atoms with van der Waals surface area (Å²) in [5, 5.41) is 2.97. The fraction of sp³-hybridized carbons (Fsp3) is 0.333. The lowest BCUT2D eigenvalue weighted by atomic mass is 10.1. The van der Waals surface area contributed by atoms with Crippen LogP contribution >= 0.6 is 0 Å². The van der Waals surface area contributed by atoms with Crippen LogP contribution in [0.4, 0.5) is 5.69 Å². The van der Waals surface area contributed by atoms with E-state index in [0.717, 1.165) is 5.56 Å². The number of amides is 2. The molecule has 1 aliphatic heterocycles. The van der Waals surface area contributed by atoms with Crippen LogP contribution in [0.15, 0.2) is 48.5 Å². The maximum absolute atomic E-state index is 12.3. The summed E-state index contributed by atoms with van der Waals surface area (Å²) in [6.07, 6.45) is 0.213. The topological polar surface area (TPSA) is 67.9 Å². The van der Waals surface area contributed by atoms with E-state index >= 15 is 0 Å². The lowest BCUT2D eigenvalue weighted by Crippen LogP contribution is -2.34. The van der Waals surface area contributed by atoms with Crippen molar-refractivity contribution in [3.05, 3.63) is 54.1 Å². The predicted molar refractivity (Wildman–Crippen MR) is 103 cm³/mol. The molecule has 6 heteroatoms. The Kier molecular flexibility index (Phi) is 5.96. The molecule has 0 saturated carbocycles. The van der Waals surface area contributed by atoms with Crippen LogP contribution in [0.2, 0.25) is 0 Å². The van der Waals surface area contributed by atoms with Gasteiger partial charge in [-0.25, -0.2) is 0 Å². The smallest absolute Gasteiger partial charge is 0.223 e. The van der Waals surface area contributed by atoms with Gasteiger partial charge in [-0.05, 0) is 24.6 Å². The number of nitrogens with zero attached hydrogens (tertiary/aromatic N) is 1. The molecule has 2 amide bonds. The first-order valence-corrected chi connectivity index (χ1v) is 9.06. The molecule has 2 aromatic rings. The highest BCUT2D eigenvalue weighted by molar-refractivity contribution is 5.92. The monoisotopic (exact) mass is 368 g/mol. The quantitative estimate of drug-likeness (QED) is 0.851. The molecule has 0 aromatic heterocycles. The van der Waals surface area contributed by atoms with Crippen molar-refractivity contribution in [1.82, 2.24) is 5.32 Å². The molecule has 0 radical (unpaired) electrons. The van der Waals surface area contributed by atoms with Gasteiger partial charge in [0.25, 0.3) is 0 Å². The molecule has 27 heavy (non-hydrogen) atoms. The summed E-state index contributed by atoms with van der Waals surface area (Å²) in [5.74, 6) is 1.06. The number of hydrogen-bond acceptors (Lipinski definition) is 4. The van der Waals surface area contributed by atoms with Crippen molar-refractivity contribution >= 4 is 17.5 Å². The number of anilines is 1. The highest BCUT2D eigenvalue weighted by Gasteiger charge is 2.18. The van der Waals surface area contributed by atoms with E-state index in [9.17, 15) is 9.59 Å². The number of nitrogens with one attached hydrogen (secondary N) is 1. The normalized spacial score (nSPS) is 13.6. The highest BCUT2D eigenvalue weighted by atomic mass is 16.6. The Labute approximate surface area is 159 Å². The zero-order valence-corrected chi connectivity index (χ0v) is 15.6. The number of carbonyl (C=O) groups excluding carboxylic acids is 2. The third kappa shape index (κ3) is 4.78. The van der Waals surface area contributed by atoms with Gasteiger partial charge in [0.05, 0.1) is 6.04 Å². The summed E-state index contributed by atoms with van der Waals surface area (Å²) in [6.45, 7) is 4.72. The van der Waals surface area contributed by atoms with Gasteiger partial charge in [0.2, 0.25) is 11.8 Å². The van der Waals surface area contributed by atoms with E-state index in [4.69, 9.17) is 9.47 Å². The van der Waals surface area contributed by atoms with E-state index in [1.807, 2.05) is 37.3 Å². The Bertz CT molecular complexity index is 807. The lowest BCUT2D eigenvalue weighted by Gasteiger charge is -2.24. The van der Waals surface area contributed by atoms with Gasteiger partial charge in [0.1, 0.15) is 13.2 Å². The summed E-state index contributed by atoms with van der Waals surface area (Å²) in [5.41, 5.74) is 1.73. The van der Waals surface area contributed by atoms with Crippen LogP contribution < -0.4 is 19.7 Å². The molecule has 0 spiro atoms. The van der Waals surface area contributed by atoms with Gasteiger partial charge in [0, 0.05) is 31.6 Å². The summed E-state index contributed by atoms with van der Waals surface area (Å²) < 4.78 is 11.1. The summed E-state index contributed by atoms with van der Waals surface area (Å²) >= 11 is 0. The molecular formula is C21H24N2O4. The van der Waals surface area contributed by atoms with E-state index in [0.29, 0.717) is 36.9 Å². The van der Waals surface area contributed by atoms with Gasteiger partial charge >= 0.3 is 0 Å². The molecule has 2 aromatic carbocycles. The van der Waals surface area contributed by atoms with Gasteiger partial charge in [0.15, 0.2) is 11.5 Å². The van der Waals surface area contributed by atoms with E-state index in [2.05, 4.69) is 5.32 Å². The average molecular weight is 368 g/mol.